The summed E-state index contributed by atoms with van der Waals surface area (Å²) < 4.78 is 1.80. The third kappa shape index (κ3) is 2.68. The maximum Gasteiger partial charge on any atom is 0.338 e. The van der Waals surface area contributed by atoms with Gasteiger partial charge in [-0.2, -0.15) is 0 Å². The number of amides is 1. The molecule has 0 bridgehead atoms. The van der Waals surface area contributed by atoms with E-state index in [0.717, 1.165) is 4.88 Å². The number of anilines is 1. The largest absolute Gasteiger partial charge is 0.478 e. The molecule has 19 heavy (non-hydrogen) atoms. The topological polar surface area (TPSA) is 71.3 Å². The second kappa shape index (κ2) is 5.27. The van der Waals surface area contributed by atoms with E-state index in [4.69, 9.17) is 5.11 Å². The first-order valence-corrected chi connectivity index (χ1v) is 6.64. The predicted molar refractivity (Wildman–Crippen MR) is 74.1 cm³/mol. The summed E-state index contributed by atoms with van der Waals surface area (Å²) in [5.41, 5.74) is 0.648. The summed E-state index contributed by atoms with van der Waals surface area (Å²) in [5.74, 6) is -1.33. The average molecular weight is 278 g/mol. The summed E-state index contributed by atoms with van der Waals surface area (Å²) in [6.07, 6.45) is 1.81. The highest BCUT2D eigenvalue weighted by Crippen LogP contribution is 2.28. The lowest BCUT2D eigenvalue weighted by Gasteiger charge is -2.07. The first-order chi connectivity index (χ1) is 9.02. The van der Waals surface area contributed by atoms with E-state index in [-0.39, 0.29) is 11.5 Å². The highest BCUT2D eigenvalue weighted by atomic mass is 32.1. The van der Waals surface area contributed by atoms with Gasteiger partial charge in [0.05, 0.1) is 5.56 Å². The number of hydrogen-bond donors (Lipinski definition) is 2. The first-order valence-electron chi connectivity index (χ1n) is 5.83. The van der Waals surface area contributed by atoms with Crippen molar-refractivity contribution in [2.45, 2.75) is 20.4 Å². The molecule has 100 valence electrons. The van der Waals surface area contributed by atoms with Gasteiger partial charge in [-0.1, -0.05) is 0 Å². The van der Waals surface area contributed by atoms with Crippen molar-refractivity contribution in [2.24, 2.45) is 0 Å². The van der Waals surface area contributed by atoms with Crippen LogP contribution in [0.3, 0.4) is 0 Å². The number of thiophene rings is 1. The Morgan fingerprint density at radius 3 is 2.84 bits per heavy atom. The molecule has 2 N–H and O–H groups in total. The van der Waals surface area contributed by atoms with Crippen molar-refractivity contribution < 1.29 is 14.7 Å². The maximum atomic E-state index is 12.1. The van der Waals surface area contributed by atoms with E-state index in [2.05, 4.69) is 5.32 Å². The Morgan fingerprint density at radius 2 is 2.21 bits per heavy atom. The van der Waals surface area contributed by atoms with E-state index >= 15 is 0 Å². The first kappa shape index (κ1) is 13.4. The summed E-state index contributed by atoms with van der Waals surface area (Å²) in [6, 6.07) is 5.05. The van der Waals surface area contributed by atoms with Gasteiger partial charge >= 0.3 is 5.97 Å². The number of nitrogens with one attached hydrogen (secondary N) is 1. The number of carbonyl (C=O) groups is 2. The molecule has 0 saturated heterocycles. The van der Waals surface area contributed by atoms with Crippen LogP contribution in [0.1, 0.15) is 32.6 Å². The van der Waals surface area contributed by atoms with E-state index in [1.807, 2.05) is 20.0 Å². The third-order valence-corrected chi connectivity index (χ3v) is 3.68. The third-order valence-electron chi connectivity index (χ3n) is 2.72. The van der Waals surface area contributed by atoms with Crippen molar-refractivity contribution in [1.82, 2.24) is 4.57 Å². The molecule has 0 aliphatic heterocycles. The van der Waals surface area contributed by atoms with Gasteiger partial charge in [0.2, 0.25) is 0 Å². The highest BCUT2D eigenvalue weighted by molar-refractivity contribution is 7.16. The summed E-state index contributed by atoms with van der Waals surface area (Å²) >= 11 is 1.26. The van der Waals surface area contributed by atoms with Crippen LogP contribution in [0.2, 0.25) is 0 Å². The summed E-state index contributed by atoms with van der Waals surface area (Å²) in [4.78, 5) is 24.0. The molecular weight excluding hydrogens is 264 g/mol. The summed E-state index contributed by atoms with van der Waals surface area (Å²) in [6.45, 7) is 4.43. The summed E-state index contributed by atoms with van der Waals surface area (Å²) in [7, 11) is 0. The van der Waals surface area contributed by atoms with Crippen molar-refractivity contribution in [3.05, 3.63) is 40.5 Å². The Hall–Kier alpha value is -2.08. The van der Waals surface area contributed by atoms with Gasteiger partial charge in [0.25, 0.3) is 5.91 Å². The van der Waals surface area contributed by atoms with Crippen LogP contribution in [0.4, 0.5) is 5.00 Å². The normalized spacial score (nSPS) is 10.4. The summed E-state index contributed by atoms with van der Waals surface area (Å²) in [5, 5.41) is 12.1. The maximum absolute atomic E-state index is 12.1. The molecule has 2 rings (SSSR count). The Labute approximate surface area is 114 Å². The Bertz CT molecular complexity index is 628. The van der Waals surface area contributed by atoms with Crippen LogP contribution in [-0.4, -0.2) is 21.6 Å². The SMILES string of the molecule is CCn1cccc1C(=O)Nc1sc(C)cc1C(=O)O. The monoisotopic (exact) mass is 278 g/mol. The fourth-order valence-electron chi connectivity index (χ4n) is 1.83. The van der Waals surface area contributed by atoms with Crippen LogP contribution >= 0.6 is 11.3 Å². The van der Waals surface area contributed by atoms with E-state index in [1.165, 1.54) is 11.3 Å². The molecular formula is C13H14N2O3S. The van der Waals surface area contributed by atoms with Gasteiger partial charge in [0, 0.05) is 17.6 Å². The molecule has 2 heterocycles. The van der Waals surface area contributed by atoms with E-state index in [9.17, 15) is 9.59 Å². The van der Waals surface area contributed by atoms with Crippen LogP contribution in [0, 0.1) is 6.92 Å². The quantitative estimate of drug-likeness (QED) is 0.903. The number of hydrogen-bond acceptors (Lipinski definition) is 3. The molecule has 2 aromatic rings. The molecule has 0 unspecified atom stereocenters. The lowest BCUT2D eigenvalue weighted by Crippen LogP contribution is -2.17. The number of carboxylic acid groups (broad SMARTS) is 1. The molecule has 2 aromatic heterocycles. The lowest BCUT2D eigenvalue weighted by molar-refractivity contribution is 0.0698. The van der Waals surface area contributed by atoms with Gasteiger partial charge in [-0.15, -0.1) is 11.3 Å². The van der Waals surface area contributed by atoms with E-state index in [0.29, 0.717) is 17.2 Å². The number of carbonyl (C=O) groups excluding carboxylic acids is 1. The minimum Gasteiger partial charge on any atom is -0.478 e. The molecule has 1 amide bonds. The zero-order chi connectivity index (χ0) is 14.0. The second-order valence-electron chi connectivity index (χ2n) is 4.04. The number of aromatic nitrogens is 1. The smallest absolute Gasteiger partial charge is 0.338 e. The minimum atomic E-state index is -1.04. The highest BCUT2D eigenvalue weighted by Gasteiger charge is 2.17. The van der Waals surface area contributed by atoms with Gasteiger partial charge in [-0.25, -0.2) is 4.79 Å². The van der Waals surface area contributed by atoms with Gasteiger partial charge in [-0.3, -0.25) is 4.79 Å². The average Bonchev–Trinajstić information content (AvgIpc) is 2.95. The Morgan fingerprint density at radius 1 is 1.47 bits per heavy atom. The molecule has 0 atom stereocenters. The molecule has 5 nitrogen and oxygen atoms in total. The van der Waals surface area contributed by atoms with Crippen molar-refractivity contribution in [2.75, 3.05) is 5.32 Å². The predicted octanol–water partition coefficient (Wildman–Crippen LogP) is 2.83. The minimum absolute atomic E-state index is 0.130. The van der Waals surface area contributed by atoms with Crippen molar-refractivity contribution in [3.8, 4) is 0 Å². The van der Waals surface area contributed by atoms with Gasteiger partial charge < -0.3 is 15.0 Å². The number of carboxylic acids is 1. The van der Waals surface area contributed by atoms with E-state index in [1.54, 1.807) is 22.8 Å². The van der Waals surface area contributed by atoms with Crippen molar-refractivity contribution in [3.63, 3.8) is 0 Å². The fourth-order valence-corrected chi connectivity index (χ4v) is 2.73. The standard InChI is InChI=1S/C13H14N2O3S/c1-3-15-6-4-5-10(15)11(16)14-12-9(13(17)18)7-8(2)19-12/h4-7H,3H2,1-2H3,(H,14,16)(H,17,18). The van der Waals surface area contributed by atoms with Crippen LogP contribution in [0.25, 0.3) is 0 Å². The number of rotatable bonds is 4. The van der Waals surface area contributed by atoms with Crippen LogP contribution in [0.5, 0.6) is 0 Å². The molecule has 0 radical (unpaired) electrons. The van der Waals surface area contributed by atoms with Gasteiger partial charge in [0.15, 0.2) is 0 Å². The Kier molecular flexibility index (Phi) is 3.71. The van der Waals surface area contributed by atoms with Gasteiger partial charge in [0.1, 0.15) is 10.7 Å². The number of aromatic carboxylic acids is 1. The molecule has 6 heteroatoms. The number of aryl methyl sites for hydroxylation is 2. The van der Waals surface area contributed by atoms with Crippen LogP contribution < -0.4 is 5.32 Å². The molecule has 0 aromatic carbocycles. The fraction of sp³-hybridized carbons (Fsp3) is 0.231. The molecule has 0 aliphatic rings. The molecule has 0 saturated carbocycles. The Balaban J connectivity index is 2.26. The zero-order valence-corrected chi connectivity index (χ0v) is 11.5. The van der Waals surface area contributed by atoms with E-state index < -0.39 is 5.97 Å². The van der Waals surface area contributed by atoms with Gasteiger partial charge in [-0.05, 0) is 32.0 Å². The molecule has 0 spiro atoms. The zero-order valence-electron chi connectivity index (χ0n) is 10.6. The second-order valence-corrected chi connectivity index (χ2v) is 5.29. The van der Waals surface area contributed by atoms with Crippen LogP contribution in [-0.2, 0) is 6.54 Å². The lowest BCUT2D eigenvalue weighted by atomic mass is 10.3. The van der Waals surface area contributed by atoms with Crippen molar-refractivity contribution >= 4 is 28.2 Å². The molecule has 0 fully saturated rings. The molecule has 0 aliphatic carbocycles. The number of nitrogens with zero attached hydrogens (tertiary/aromatic N) is 1. The van der Waals surface area contributed by atoms with Crippen LogP contribution in [0.15, 0.2) is 24.4 Å². The van der Waals surface area contributed by atoms with Crippen molar-refractivity contribution in [1.29, 1.82) is 0 Å².